The molecular formula is C19H26N2O3. The van der Waals surface area contributed by atoms with E-state index in [-0.39, 0.29) is 24.1 Å². The van der Waals surface area contributed by atoms with E-state index in [1.165, 1.54) is 4.90 Å². The van der Waals surface area contributed by atoms with Crippen LogP contribution in [0.4, 0.5) is 5.69 Å². The third-order valence-corrected chi connectivity index (χ3v) is 4.18. The number of imide groups is 1. The van der Waals surface area contributed by atoms with E-state index < -0.39 is 11.6 Å². The lowest BCUT2D eigenvalue weighted by Gasteiger charge is -2.39. The first-order chi connectivity index (χ1) is 11.2. The van der Waals surface area contributed by atoms with Gasteiger partial charge in [0.1, 0.15) is 6.04 Å². The van der Waals surface area contributed by atoms with Crippen LogP contribution in [0.2, 0.25) is 0 Å². The minimum absolute atomic E-state index is 0.0411. The molecule has 3 amide bonds. The van der Waals surface area contributed by atoms with Crippen LogP contribution in [0.5, 0.6) is 0 Å². The summed E-state index contributed by atoms with van der Waals surface area (Å²) < 4.78 is 0. The van der Waals surface area contributed by atoms with Crippen LogP contribution in [0.1, 0.15) is 52.5 Å². The molecule has 1 fully saturated rings. The third-order valence-electron chi connectivity index (χ3n) is 4.18. The lowest BCUT2D eigenvalue weighted by Crippen LogP contribution is -2.54. The molecule has 0 radical (unpaired) electrons. The number of carbonyl (C=O) groups excluding carboxylic acids is 3. The van der Waals surface area contributed by atoms with Gasteiger partial charge in [-0.3, -0.25) is 14.4 Å². The predicted molar refractivity (Wildman–Crippen MR) is 93.6 cm³/mol. The minimum atomic E-state index is -0.724. The van der Waals surface area contributed by atoms with Gasteiger partial charge in [-0.05, 0) is 46.2 Å². The molecular weight excluding hydrogens is 304 g/mol. The Morgan fingerprint density at radius 3 is 2.29 bits per heavy atom. The predicted octanol–water partition coefficient (Wildman–Crippen LogP) is 3.05. The summed E-state index contributed by atoms with van der Waals surface area (Å²) in [6, 6.07) is 6.55. The van der Waals surface area contributed by atoms with Gasteiger partial charge in [-0.1, -0.05) is 24.6 Å². The van der Waals surface area contributed by atoms with Crippen molar-refractivity contribution >= 4 is 23.4 Å². The molecule has 130 valence electrons. The summed E-state index contributed by atoms with van der Waals surface area (Å²) >= 11 is 0. The molecule has 5 nitrogen and oxygen atoms in total. The molecule has 1 saturated heterocycles. The summed E-state index contributed by atoms with van der Waals surface area (Å²) in [7, 11) is 0. The molecule has 0 aromatic heterocycles. The summed E-state index contributed by atoms with van der Waals surface area (Å²) in [5, 5.41) is 0. The Bertz CT molecular complexity index is 644. The van der Waals surface area contributed by atoms with Crippen molar-refractivity contribution in [2.75, 3.05) is 4.90 Å². The van der Waals surface area contributed by atoms with Gasteiger partial charge in [-0.2, -0.15) is 0 Å². The zero-order valence-corrected chi connectivity index (χ0v) is 15.1. The molecule has 1 aliphatic heterocycles. The number of benzene rings is 1. The number of hydrogen-bond donors (Lipinski definition) is 0. The van der Waals surface area contributed by atoms with Gasteiger partial charge in [0.2, 0.25) is 11.8 Å². The molecule has 1 heterocycles. The smallest absolute Gasteiger partial charge is 0.257 e. The van der Waals surface area contributed by atoms with E-state index in [2.05, 4.69) is 0 Å². The van der Waals surface area contributed by atoms with Crippen LogP contribution in [-0.2, 0) is 14.4 Å². The Labute approximate surface area is 143 Å². The first-order valence-electron chi connectivity index (χ1n) is 8.42. The number of rotatable bonds is 4. The van der Waals surface area contributed by atoms with Crippen molar-refractivity contribution in [1.29, 1.82) is 0 Å². The molecule has 0 bridgehead atoms. The zero-order chi connectivity index (χ0) is 18.1. The fourth-order valence-corrected chi connectivity index (χ4v) is 3.13. The molecule has 0 aliphatic carbocycles. The normalized spacial score (nSPS) is 18.2. The SMILES string of the molecule is CCCC(=O)N(C1CC(=O)N(c2ccc(C)cc2)C1=O)C(C)(C)C. The summed E-state index contributed by atoms with van der Waals surface area (Å²) in [5.74, 6) is -0.655. The van der Waals surface area contributed by atoms with E-state index >= 15 is 0 Å². The van der Waals surface area contributed by atoms with Gasteiger partial charge < -0.3 is 4.90 Å². The Balaban J connectivity index is 2.34. The van der Waals surface area contributed by atoms with Crippen LogP contribution in [-0.4, -0.2) is 34.2 Å². The molecule has 1 unspecified atom stereocenters. The molecule has 1 aromatic carbocycles. The Kier molecular flexibility index (Phi) is 5.11. The second-order valence-electron chi connectivity index (χ2n) is 7.31. The quantitative estimate of drug-likeness (QED) is 0.797. The highest BCUT2D eigenvalue weighted by atomic mass is 16.2. The van der Waals surface area contributed by atoms with Gasteiger partial charge in [0.05, 0.1) is 12.1 Å². The molecule has 1 aliphatic rings. The van der Waals surface area contributed by atoms with Gasteiger partial charge in [-0.25, -0.2) is 4.90 Å². The number of hydrogen-bond acceptors (Lipinski definition) is 3. The van der Waals surface area contributed by atoms with Crippen LogP contribution < -0.4 is 4.90 Å². The van der Waals surface area contributed by atoms with Crippen molar-refractivity contribution in [3.8, 4) is 0 Å². The molecule has 0 spiro atoms. The van der Waals surface area contributed by atoms with Gasteiger partial charge in [0.25, 0.3) is 5.91 Å². The highest BCUT2D eigenvalue weighted by Crippen LogP contribution is 2.30. The number of carbonyl (C=O) groups is 3. The highest BCUT2D eigenvalue weighted by molar-refractivity contribution is 6.23. The summed E-state index contributed by atoms with van der Waals surface area (Å²) in [5.41, 5.74) is 1.11. The summed E-state index contributed by atoms with van der Waals surface area (Å²) in [6.07, 6.45) is 1.13. The molecule has 0 N–H and O–H groups in total. The lowest BCUT2D eigenvalue weighted by molar-refractivity contribution is -0.144. The van der Waals surface area contributed by atoms with Crippen molar-refractivity contribution in [3.05, 3.63) is 29.8 Å². The largest absolute Gasteiger partial charge is 0.325 e. The fraction of sp³-hybridized carbons (Fsp3) is 0.526. The van der Waals surface area contributed by atoms with Gasteiger partial charge in [0, 0.05) is 12.0 Å². The van der Waals surface area contributed by atoms with Crippen molar-refractivity contribution in [2.24, 2.45) is 0 Å². The van der Waals surface area contributed by atoms with E-state index in [1.54, 1.807) is 17.0 Å². The van der Waals surface area contributed by atoms with E-state index in [0.29, 0.717) is 18.5 Å². The second kappa shape index (κ2) is 6.75. The number of anilines is 1. The summed E-state index contributed by atoms with van der Waals surface area (Å²) in [4.78, 5) is 40.7. The molecule has 1 atom stereocenters. The Morgan fingerprint density at radius 2 is 1.79 bits per heavy atom. The third kappa shape index (κ3) is 3.50. The first kappa shape index (κ1) is 18.2. The van der Waals surface area contributed by atoms with Crippen LogP contribution in [0.15, 0.2) is 24.3 Å². The topological polar surface area (TPSA) is 57.7 Å². The first-order valence-corrected chi connectivity index (χ1v) is 8.42. The van der Waals surface area contributed by atoms with Crippen molar-refractivity contribution in [3.63, 3.8) is 0 Å². The fourth-order valence-electron chi connectivity index (χ4n) is 3.13. The zero-order valence-electron chi connectivity index (χ0n) is 15.1. The average molecular weight is 330 g/mol. The van der Waals surface area contributed by atoms with E-state index in [1.807, 2.05) is 46.8 Å². The molecule has 0 saturated carbocycles. The maximum Gasteiger partial charge on any atom is 0.257 e. The van der Waals surface area contributed by atoms with E-state index in [0.717, 1.165) is 5.56 Å². The maximum atomic E-state index is 12.9. The second-order valence-corrected chi connectivity index (χ2v) is 7.31. The Hall–Kier alpha value is -2.17. The molecule has 2 rings (SSSR count). The van der Waals surface area contributed by atoms with E-state index in [9.17, 15) is 14.4 Å². The van der Waals surface area contributed by atoms with Crippen LogP contribution in [0.25, 0.3) is 0 Å². The average Bonchev–Trinajstić information content (AvgIpc) is 2.74. The molecule has 1 aromatic rings. The van der Waals surface area contributed by atoms with Crippen LogP contribution in [0, 0.1) is 6.92 Å². The van der Waals surface area contributed by atoms with Crippen molar-refractivity contribution in [2.45, 2.75) is 65.5 Å². The van der Waals surface area contributed by atoms with Gasteiger partial charge >= 0.3 is 0 Å². The molecule has 24 heavy (non-hydrogen) atoms. The summed E-state index contributed by atoms with van der Waals surface area (Å²) in [6.45, 7) is 9.57. The standard InChI is InChI=1S/C19H26N2O3/c1-6-7-16(22)21(19(3,4)5)15-12-17(23)20(18(15)24)14-10-8-13(2)9-11-14/h8-11,15H,6-7,12H2,1-5H3. The minimum Gasteiger partial charge on any atom is -0.325 e. The van der Waals surface area contributed by atoms with Crippen molar-refractivity contribution < 1.29 is 14.4 Å². The highest BCUT2D eigenvalue weighted by Gasteiger charge is 2.47. The monoisotopic (exact) mass is 330 g/mol. The van der Waals surface area contributed by atoms with Crippen LogP contribution in [0.3, 0.4) is 0 Å². The van der Waals surface area contributed by atoms with Gasteiger partial charge in [0.15, 0.2) is 0 Å². The molecule has 5 heteroatoms. The number of nitrogens with zero attached hydrogens (tertiary/aromatic N) is 2. The lowest BCUT2D eigenvalue weighted by atomic mass is 10.0. The number of aryl methyl sites for hydroxylation is 1. The van der Waals surface area contributed by atoms with E-state index in [4.69, 9.17) is 0 Å². The number of amides is 3. The Morgan fingerprint density at radius 1 is 1.21 bits per heavy atom. The maximum absolute atomic E-state index is 12.9. The van der Waals surface area contributed by atoms with Crippen molar-refractivity contribution in [1.82, 2.24) is 4.90 Å². The van der Waals surface area contributed by atoms with Crippen LogP contribution >= 0.6 is 0 Å². The van der Waals surface area contributed by atoms with Gasteiger partial charge in [-0.15, -0.1) is 0 Å².